The van der Waals surface area contributed by atoms with Gasteiger partial charge in [-0.05, 0) is 36.5 Å². The Bertz CT molecular complexity index is 958. The number of hydrogen-bond acceptors (Lipinski definition) is 4. The van der Waals surface area contributed by atoms with Gasteiger partial charge in [0.1, 0.15) is 5.82 Å². The van der Waals surface area contributed by atoms with E-state index in [1.807, 2.05) is 48.5 Å². The molecule has 0 saturated heterocycles. The minimum absolute atomic E-state index is 0.0750. The fraction of sp³-hybridized carbons (Fsp3) is 0.375. The van der Waals surface area contributed by atoms with Gasteiger partial charge in [-0.2, -0.15) is 0 Å². The smallest absolute Gasteiger partial charge is 0.230 e. The number of carbonyl (C=O) groups excluding carboxylic acids is 1. The van der Waals surface area contributed by atoms with E-state index in [4.69, 9.17) is 0 Å². The van der Waals surface area contributed by atoms with Crippen LogP contribution >= 0.6 is 11.8 Å². The quantitative estimate of drug-likeness (QED) is 0.566. The van der Waals surface area contributed by atoms with Crippen molar-refractivity contribution in [3.63, 3.8) is 0 Å². The first-order chi connectivity index (χ1) is 14.7. The van der Waals surface area contributed by atoms with Crippen molar-refractivity contribution in [1.29, 1.82) is 0 Å². The third-order valence-corrected chi connectivity index (χ3v) is 6.64. The Morgan fingerprint density at radius 3 is 2.47 bits per heavy atom. The van der Waals surface area contributed by atoms with Crippen molar-refractivity contribution >= 4 is 17.7 Å². The number of aromatic nitrogens is 3. The number of benzene rings is 2. The molecule has 1 heterocycles. The summed E-state index contributed by atoms with van der Waals surface area (Å²) in [6.45, 7) is 2.24. The van der Waals surface area contributed by atoms with Gasteiger partial charge in [-0.15, -0.1) is 10.2 Å². The summed E-state index contributed by atoms with van der Waals surface area (Å²) in [6.07, 6.45) is 5.44. The summed E-state index contributed by atoms with van der Waals surface area (Å²) < 4.78 is 2.06. The molecule has 156 valence electrons. The van der Waals surface area contributed by atoms with E-state index >= 15 is 0 Å². The van der Waals surface area contributed by atoms with Gasteiger partial charge in [-0.1, -0.05) is 80.1 Å². The first kappa shape index (κ1) is 20.7. The maximum Gasteiger partial charge on any atom is 0.230 e. The molecule has 3 aromatic rings. The maximum atomic E-state index is 12.6. The van der Waals surface area contributed by atoms with Crippen LogP contribution < -0.4 is 5.32 Å². The standard InChI is InChI=1S/C24H28N4OS/c1-18-10-8-9-15-21(18)25-23(29)17-30-24-27-26-22(16-19-11-4-2-5-12-19)28(24)20-13-6-3-7-14-20/h2-7,11-14,18,21H,8-10,15-17H2,1H3,(H,25,29)/t18-,21-/m0/s1. The predicted molar refractivity (Wildman–Crippen MR) is 121 cm³/mol. The van der Waals surface area contributed by atoms with Crippen molar-refractivity contribution in [3.8, 4) is 5.69 Å². The minimum atomic E-state index is 0.0750. The highest BCUT2D eigenvalue weighted by molar-refractivity contribution is 7.99. The maximum absolute atomic E-state index is 12.6. The molecule has 2 atom stereocenters. The van der Waals surface area contributed by atoms with E-state index in [0.717, 1.165) is 23.1 Å². The summed E-state index contributed by atoms with van der Waals surface area (Å²) in [5, 5.41) is 12.8. The van der Waals surface area contributed by atoms with Crippen LogP contribution in [0.3, 0.4) is 0 Å². The van der Waals surface area contributed by atoms with Crippen molar-refractivity contribution in [2.45, 2.75) is 50.2 Å². The monoisotopic (exact) mass is 420 g/mol. The highest BCUT2D eigenvalue weighted by Crippen LogP contribution is 2.25. The van der Waals surface area contributed by atoms with Crippen LogP contribution in [0.15, 0.2) is 65.8 Å². The molecule has 0 spiro atoms. The lowest BCUT2D eigenvalue weighted by molar-refractivity contribution is -0.119. The van der Waals surface area contributed by atoms with Gasteiger partial charge in [-0.3, -0.25) is 9.36 Å². The van der Waals surface area contributed by atoms with Crippen LogP contribution in [-0.4, -0.2) is 32.5 Å². The molecule has 30 heavy (non-hydrogen) atoms. The Morgan fingerprint density at radius 1 is 1.03 bits per heavy atom. The van der Waals surface area contributed by atoms with Crippen LogP contribution in [0.4, 0.5) is 0 Å². The van der Waals surface area contributed by atoms with E-state index < -0.39 is 0 Å². The lowest BCUT2D eigenvalue weighted by Crippen LogP contribution is -2.41. The largest absolute Gasteiger partial charge is 0.352 e. The van der Waals surface area contributed by atoms with E-state index in [2.05, 4.69) is 39.1 Å². The molecule has 2 aromatic carbocycles. The zero-order valence-electron chi connectivity index (χ0n) is 17.3. The Labute approximate surface area is 182 Å². The first-order valence-corrected chi connectivity index (χ1v) is 11.6. The topological polar surface area (TPSA) is 59.8 Å². The second-order valence-electron chi connectivity index (χ2n) is 7.96. The summed E-state index contributed by atoms with van der Waals surface area (Å²) in [5.41, 5.74) is 2.19. The van der Waals surface area contributed by atoms with Gasteiger partial charge in [0.2, 0.25) is 5.91 Å². The molecule has 6 heteroatoms. The van der Waals surface area contributed by atoms with E-state index in [-0.39, 0.29) is 5.91 Å². The third-order valence-electron chi connectivity index (χ3n) is 5.71. The lowest BCUT2D eigenvalue weighted by Gasteiger charge is -2.29. The van der Waals surface area contributed by atoms with E-state index in [1.54, 1.807) is 0 Å². The average molecular weight is 421 g/mol. The molecule has 1 aromatic heterocycles. The Kier molecular flexibility index (Phi) is 6.84. The number of nitrogens with one attached hydrogen (secondary N) is 1. The van der Waals surface area contributed by atoms with E-state index in [0.29, 0.717) is 24.1 Å². The molecule has 5 nitrogen and oxygen atoms in total. The van der Waals surface area contributed by atoms with Crippen LogP contribution in [0.2, 0.25) is 0 Å². The number of thioether (sulfide) groups is 1. The van der Waals surface area contributed by atoms with Crippen molar-refractivity contribution < 1.29 is 4.79 Å². The molecule has 0 bridgehead atoms. The van der Waals surface area contributed by atoms with Crippen molar-refractivity contribution in [3.05, 3.63) is 72.1 Å². The Balaban J connectivity index is 1.49. The highest BCUT2D eigenvalue weighted by Gasteiger charge is 2.23. The van der Waals surface area contributed by atoms with E-state index in [9.17, 15) is 4.79 Å². The average Bonchev–Trinajstić information content (AvgIpc) is 3.17. The molecule has 1 amide bonds. The van der Waals surface area contributed by atoms with Gasteiger partial charge in [-0.25, -0.2) is 0 Å². The molecule has 1 aliphatic rings. The second kappa shape index (κ2) is 9.94. The SMILES string of the molecule is C[C@H]1CCCC[C@@H]1NC(=O)CSc1nnc(Cc2ccccc2)n1-c1ccccc1. The summed E-state index contributed by atoms with van der Waals surface area (Å²) in [5.74, 6) is 1.85. The summed E-state index contributed by atoms with van der Waals surface area (Å²) in [7, 11) is 0. The number of amides is 1. The molecule has 1 N–H and O–H groups in total. The number of hydrogen-bond donors (Lipinski definition) is 1. The summed E-state index contributed by atoms with van der Waals surface area (Å²) in [4.78, 5) is 12.6. The van der Waals surface area contributed by atoms with Crippen molar-refractivity contribution in [1.82, 2.24) is 20.1 Å². The normalized spacial score (nSPS) is 18.8. The van der Waals surface area contributed by atoms with Gasteiger partial charge in [0.15, 0.2) is 5.16 Å². The van der Waals surface area contributed by atoms with Gasteiger partial charge < -0.3 is 5.32 Å². The zero-order valence-corrected chi connectivity index (χ0v) is 18.1. The molecular formula is C24H28N4OS. The fourth-order valence-electron chi connectivity index (χ4n) is 4.03. The van der Waals surface area contributed by atoms with Gasteiger partial charge in [0.05, 0.1) is 5.75 Å². The van der Waals surface area contributed by atoms with Crippen molar-refractivity contribution in [2.24, 2.45) is 5.92 Å². The van der Waals surface area contributed by atoms with Gasteiger partial charge in [0.25, 0.3) is 0 Å². The first-order valence-electron chi connectivity index (χ1n) is 10.7. The molecular weight excluding hydrogens is 392 g/mol. The van der Waals surface area contributed by atoms with Crippen LogP contribution in [-0.2, 0) is 11.2 Å². The highest BCUT2D eigenvalue weighted by atomic mass is 32.2. The van der Waals surface area contributed by atoms with Gasteiger partial charge in [0, 0.05) is 18.2 Å². The Morgan fingerprint density at radius 2 is 1.73 bits per heavy atom. The van der Waals surface area contributed by atoms with Crippen LogP contribution in [0.5, 0.6) is 0 Å². The predicted octanol–water partition coefficient (Wildman–Crippen LogP) is 4.65. The molecule has 0 unspecified atom stereocenters. The fourth-order valence-corrected chi connectivity index (χ4v) is 4.81. The lowest BCUT2D eigenvalue weighted by atomic mass is 9.86. The summed E-state index contributed by atoms with van der Waals surface area (Å²) >= 11 is 1.45. The van der Waals surface area contributed by atoms with Gasteiger partial charge >= 0.3 is 0 Å². The molecule has 0 radical (unpaired) electrons. The van der Waals surface area contributed by atoms with Crippen LogP contribution in [0.1, 0.15) is 44.0 Å². The Hall–Kier alpha value is -2.60. The van der Waals surface area contributed by atoms with Crippen molar-refractivity contribution in [2.75, 3.05) is 5.75 Å². The minimum Gasteiger partial charge on any atom is -0.352 e. The summed E-state index contributed by atoms with van der Waals surface area (Å²) in [6, 6.07) is 20.7. The van der Waals surface area contributed by atoms with Crippen LogP contribution in [0.25, 0.3) is 5.69 Å². The second-order valence-corrected chi connectivity index (χ2v) is 8.90. The van der Waals surface area contributed by atoms with Crippen LogP contribution in [0, 0.1) is 5.92 Å². The third kappa shape index (κ3) is 5.11. The molecule has 4 rings (SSSR count). The van der Waals surface area contributed by atoms with E-state index in [1.165, 1.54) is 36.6 Å². The molecule has 0 aliphatic heterocycles. The molecule has 1 aliphatic carbocycles. The number of para-hydroxylation sites is 1. The number of carbonyl (C=O) groups is 1. The molecule has 1 saturated carbocycles. The molecule has 1 fully saturated rings. The number of rotatable bonds is 7. The number of nitrogens with zero attached hydrogens (tertiary/aromatic N) is 3. The zero-order chi connectivity index (χ0) is 20.8.